The first-order valence-electron chi connectivity index (χ1n) is 7.22. The van der Waals surface area contributed by atoms with Gasteiger partial charge in [-0.1, -0.05) is 35.9 Å². The monoisotopic (exact) mass is 345 g/mol. The number of rotatable bonds is 2. The summed E-state index contributed by atoms with van der Waals surface area (Å²) in [5.41, 5.74) is 0.832. The second kappa shape index (κ2) is 6.80. The Morgan fingerprint density at radius 2 is 2.04 bits per heavy atom. The van der Waals surface area contributed by atoms with Gasteiger partial charge in [-0.2, -0.15) is 0 Å². The highest BCUT2D eigenvalue weighted by atomic mass is 35.5. The summed E-state index contributed by atoms with van der Waals surface area (Å²) < 4.78 is 13.2. The maximum absolute atomic E-state index is 13.2. The van der Waals surface area contributed by atoms with Crippen LogP contribution in [0.2, 0.25) is 5.02 Å². The number of aliphatic imine (C=N–C) groups is 1. The van der Waals surface area contributed by atoms with Gasteiger partial charge in [0.25, 0.3) is 5.91 Å². The molecular weight excluding hydrogens is 333 g/mol. The summed E-state index contributed by atoms with van der Waals surface area (Å²) in [7, 11) is 0. The summed E-state index contributed by atoms with van der Waals surface area (Å²) >= 11 is 6.14. The van der Waals surface area contributed by atoms with Crippen LogP contribution in [0.4, 0.5) is 4.39 Å². The number of carbonyl (C=O) groups is 2. The number of benzene rings is 2. The SMILES string of the molecule is O=C1C[C@H](c2ccccc2Cl)N=C(NC(=O)c2cccc(F)c2)N1. The molecule has 2 aromatic rings. The van der Waals surface area contributed by atoms with Gasteiger partial charge in [-0.05, 0) is 29.8 Å². The van der Waals surface area contributed by atoms with Crippen LogP contribution < -0.4 is 10.6 Å². The summed E-state index contributed by atoms with van der Waals surface area (Å²) in [6, 6.07) is 11.8. The van der Waals surface area contributed by atoms with Crippen LogP contribution in [-0.2, 0) is 4.79 Å². The molecule has 2 aromatic carbocycles. The minimum absolute atomic E-state index is 0.0189. The van der Waals surface area contributed by atoms with Gasteiger partial charge in [0.1, 0.15) is 5.82 Å². The van der Waals surface area contributed by atoms with Crippen LogP contribution in [0.1, 0.15) is 28.4 Å². The number of hydrogen-bond donors (Lipinski definition) is 2. The summed E-state index contributed by atoms with van der Waals surface area (Å²) in [6.45, 7) is 0. The Hall–Kier alpha value is -2.73. The van der Waals surface area contributed by atoms with Crippen LogP contribution in [0.3, 0.4) is 0 Å². The first kappa shape index (κ1) is 16.1. The largest absolute Gasteiger partial charge is 0.296 e. The highest BCUT2D eigenvalue weighted by molar-refractivity contribution is 6.31. The van der Waals surface area contributed by atoms with E-state index in [1.165, 1.54) is 18.2 Å². The molecule has 24 heavy (non-hydrogen) atoms. The molecule has 1 aliphatic rings. The molecule has 1 aliphatic heterocycles. The van der Waals surface area contributed by atoms with E-state index in [-0.39, 0.29) is 23.9 Å². The predicted molar refractivity (Wildman–Crippen MR) is 88.3 cm³/mol. The summed E-state index contributed by atoms with van der Waals surface area (Å²) in [6.07, 6.45) is 0.128. The Morgan fingerprint density at radius 1 is 1.25 bits per heavy atom. The molecule has 1 atom stereocenters. The predicted octanol–water partition coefficient (Wildman–Crippen LogP) is 2.83. The minimum atomic E-state index is -0.562. The van der Waals surface area contributed by atoms with Crippen LogP contribution in [0.25, 0.3) is 0 Å². The van der Waals surface area contributed by atoms with Gasteiger partial charge in [-0.25, -0.2) is 9.38 Å². The highest BCUT2D eigenvalue weighted by Gasteiger charge is 2.25. The van der Waals surface area contributed by atoms with E-state index in [4.69, 9.17) is 11.6 Å². The fourth-order valence-electron chi connectivity index (χ4n) is 2.39. The first-order valence-corrected chi connectivity index (χ1v) is 7.60. The average Bonchev–Trinajstić information content (AvgIpc) is 2.54. The van der Waals surface area contributed by atoms with Crippen molar-refractivity contribution in [1.29, 1.82) is 0 Å². The van der Waals surface area contributed by atoms with Crippen LogP contribution in [0.5, 0.6) is 0 Å². The van der Waals surface area contributed by atoms with Gasteiger partial charge in [0, 0.05) is 10.6 Å². The Kier molecular flexibility index (Phi) is 4.57. The lowest BCUT2D eigenvalue weighted by Crippen LogP contribution is -2.47. The zero-order valence-corrected chi connectivity index (χ0v) is 13.2. The Morgan fingerprint density at radius 3 is 2.79 bits per heavy atom. The van der Waals surface area contributed by atoms with Crippen molar-refractivity contribution in [2.75, 3.05) is 0 Å². The molecule has 0 radical (unpaired) electrons. The van der Waals surface area contributed by atoms with E-state index in [9.17, 15) is 14.0 Å². The molecule has 0 saturated heterocycles. The average molecular weight is 346 g/mol. The summed E-state index contributed by atoms with van der Waals surface area (Å²) in [5, 5.41) is 5.47. The number of nitrogens with zero attached hydrogens (tertiary/aromatic N) is 1. The number of guanidine groups is 1. The molecule has 0 saturated carbocycles. The standard InChI is InChI=1S/C17H13ClFN3O2/c18-13-7-2-1-6-12(13)14-9-15(23)21-17(20-14)22-16(24)10-4-3-5-11(19)8-10/h1-8,14H,9H2,(H2,20,21,22,23,24)/t14-/m1/s1. The number of hydrogen-bond acceptors (Lipinski definition) is 3. The first-order chi connectivity index (χ1) is 11.5. The molecule has 3 rings (SSSR count). The fraction of sp³-hybridized carbons (Fsp3) is 0.118. The van der Waals surface area contributed by atoms with Crippen LogP contribution in [0, 0.1) is 5.82 Å². The normalized spacial score (nSPS) is 17.0. The van der Waals surface area contributed by atoms with E-state index < -0.39 is 17.8 Å². The van der Waals surface area contributed by atoms with Crippen molar-refractivity contribution in [1.82, 2.24) is 10.6 Å². The molecule has 122 valence electrons. The van der Waals surface area contributed by atoms with Crippen molar-refractivity contribution in [3.8, 4) is 0 Å². The molecule has 0 bridgehead atoms. The zero-order chi connectivity index (χ0) is 17.1. The Bertz CT molecular complexity index is 838. The topological polar surface area (TPSA) is 70.6 Å². The van der Waals surface area contributed by atoms with Crippen molar-refractivity contribution in [2.45, 2.75) is 12.5 Å². The summed E-state index contributed by atoms with van der Waals surface area (Å²) in [5.74, 6) is -1.35. The molecular formula is C17H13ClFN3O2. The van der Waals surface area contributed by atoms with Crippen LogP contribution in [-0.4, -0.2) is 17.8 Å². The molecule has 0 fully saturated rings. The maximum Gasteiger partial charge on any atom is 0.258 e. The summed E-state index contributed by atoms with van der Waals surface area (Å²) in [4.78, 5) is 28.4. The number of halogens is 2. The highest BCUT2D eigenvalue weighted by Crippen LogP contribution is 2.29. The van der Waals surface area contributed by atoms with E-state index in [2.05, 4.69) is 15.6 Å². The molecule has 7 heteroatoms. The van der Waals surface area contributed by atoms with E-state index in [0.717, 1.165) is 6.07 Å². The third-order valence-corrected chi connectivity index (χ3v) is 3.85. The lowest BCUT2D eigenvalue weighted by atomic mass is 10.0. The van der Waals surface area contributed by atoms with Crippen molar-refractivity contribution in [3.63, 3.8) is 0 Å². The van der Waals surface area contributed by atoms with Crippen LogP contribution >= 0.6 is 11.6 Å². The van der Waals surface area contributed by atoms with Gasteiger partial charge in [0.05, 0.1) is 12.5 Å². The molecule has 1 heterocycles. The molecule has 5 nitrogen and oxygen atoms in total. The lowest BCUT2D eigenvalue weighted by Gasteiger charge is -2.22. The van der Waals surface area contributed by atoms with Crippen molar-refractivity contribution >= 4 is 29.4 Å². The fourth-order valence-corrected chi connectivity index (χ4v) is 2.65. The van der Waals surface area contributed by atoms with Crippen molar-refractivity contribution in [2.24, 2.45) is 4.99 Å². The number of nitrogens with one attached hydrogen (secondary N) is 2. The van der Waals surface area contributed by atoms with Crippen LogP contribution in [0.15, 0.2) is 53.5 Å². The smallest absolute Gasteiger partial charge is 0.258 e. The van der Waals surface area contributed by atoms with Gasteiger partial charge in [0.2, 0.25) is 11.9 Å². The zero-order valence-electron chi connectivity index (χ0n) is 12.4. The van der Waals surface area contributed by atoms with Gasteiger partial charge >= 0.3 is 0 Å². The van der Waals surface area contributed by atoms with E-state index in [1.807, 2.05) is 0 Å². The van der Waals surface area contributed by atoms with Crippen molar-refractivity contribution in [3.05, 3.63) is 70.5 Å². The number of carbonyl (C=O) groups excluding carboxylic acids is 2. The second-order valence-corrected chi connectivity index (χ2v) is 5.64. The van der Waals surface area contributed by atoms with Crippen molar-refractivity contribution < 1.29 is 14.0 Å². The molecule has 0 unspecified atom stereocenters. The Balaban J connectivity index is 1.83. The van der Waals surface area contributed by atoms with Gasteiger partial charge in [0.15, 0.2) is 0 Å². The van der Waals surface area contributed by atoms with E-state index >= 15 is 0 Å². The third kappa shape index (κ3) is 3.60. The second-order valence-electron chi connectivity index (χ2n) is 5.23. The van der Waals surface area contributed by atoms with E-state index in [0.29, 0.717) is 10.6 Å². The Labute approximate surface area is 142 Å². The molecule has 0 spiro atoms. The van der Waals surface area contributed by atoms with Gasteiger partial charge < -0.3 is 0 Å². The maximum atomic E-state index is 13.2. The quantitative estimate of drug-likeness (QED) is 0.878. The van der Waals surface area contributed by atoms with E-state index in [1.54, 1.807) is 24.3 Å². The molecule has 2 amide bonds. The molecule has 0 aromatic heterocycles. The lowest BCUT2D eigenvalue weighted by molar-refractivity contribution is -0.120. The molecule has 2 N–H and O–H groups in total. The third-order valence-electron chi connectivity index (χ3n) is 3.50. The minimum Gasteiger partial charge on any atom is -0.296 e. The van der Waals surface area contributed by atoms with Gasteiger partial charge in [-0.15, -0.1) is 0 Å². The number of amides is 2. The molecule has 0 aliphatic carbocycles. The van der Waals surface area contributed by atoms with Gasteiger partial charge in [-0.3, -0.25) is 20.2 Å².